The molecule has 0 aliphatic rings. The number of benzene rings is 4. The molecule has 0 spiro atoms. The molecular weight excluding hydrogens is 576 g/mol. The number of esters is 2. The summed E-state index contributed by atoms with van der Waals surface area (Å²) in [7, 11) is -3.90. The highest BCUT2D eigenvalue weighted by Gasteiger charge is 2.31. The molecule has 44 heavy (non-hydrogen) atoms. The normalized spacial score (nSPS) is 12.0. The Balaban J connectivity index is 1.38. The van der Waals surface area contributed by atoms with Gasteiger partial charge in [0, 0.05) is 12.6 Å². The monoisotopic (exact) mass is 608 g/mol. The van der Waals surface area contributed by atoms with Gasteiger partial charge in [0.25, 0.3) is 10.0 Å². The second-order valence-electron chi connectivity index (χ2n) is 10.3. The van der Waals surface area contributed by atoms with E-state index in [1.807, 2.05) is 91.0 Å². The summed E-state index contributed by atoms with van der Waals surface area (Å²) in [5.41, 5.74) is 2.94. The van der Waals surface area contributed by atoms with E-state index in [2.05, 4.69) is 4.98 Å². The third-order valence-corrected chi connectivity index (χ3v) is 8.68. The van der Waals surface area contributed by atoms with Crippen molar-refractivity contribution in [1.82, 2.24) is 8.96 Å². The van der Waals surface area contributed by atoms with Crippen molar-refractivity contribution in [3.8, 4) is 0 Å². The van der Waals surface area contributed by atoms with Crippen LogP contribution >= 0.6 is 0 Å². The number of nitrogens with zero attached hydrogens (tertiary/aromatic N) is 2. The number of hydrogen-bond donors (Lipinski definition) is 0. The van der Waals surface area contributed by atoms with Crippen LogP contribution in [0.25, 0.3) is 0 Å². The molecule has 0 saturated heterocycles. The first-order valence-electron chi connectivity index (χ1n) is 14.2. The van der Waals surface area contributed by atoms with E-state index in [1.165, 1.54) is 24.7 Å². The fourth-order valence-electron chi connectivity index (χ4n) is 4.75. The molecule has 5 aromatic rings. The van der Waals surface area contributed by atoms with Gasteiger partial charge >= 0.3 is 11.9 Å². The van der Waals surface area contributed by atoms with Gasteiger partial charge in [-0.25, -0.2) is 22.2 Å². The van der Waals surface area contributed by atoms with E-state index in [1.54, 1.807) is 18.2 Å². The minimum Gasteiger partial charge on any atom is -0.458 e. The Hall–Kier alpha value is -5.02. The Labute approximate surface area is 257 Å². The van der Waals surface area contributed by atoms with Gasteiger partial charge in [-0.05, 0) is 41.7 Å². The average molecular weight is 609 g/mol. The van der Waals surface area contributed by atoms with Crippen LogP contribution in [0.15, 0.2) is 139 Å². The summed E-state index contributed by atoms with van der Waals surface area (Å²) < 4.78 is 38.6. The standard InChI is InChI=1S/C35H32N2O6S/c38-34(30(21-27-13-5-1-6-14-27)22-28-15-7-2-8-16-28)43-33(35(39)42-25-29-17-9-3-10-18-29)23-31-24-37(26-36-31)44(40,41)32-19-11-4-12-20-32/h1-20,24,26,30,33H,21-23,25H2/t33-/m0/s1. The summed E-state index contributed by atoms with van der Waals surface area (Å²) >= 11 is 0. The smallest absolute Gasteiger partial charge is 0.348 e. The molecule has 0 aliphatic carbocycles. The first kappa shape index (κ1) is 30.4. The van der Waals surface area contributed by atoms with E-state index in [0.717, 1.165) is 20.7 Å². The summed E-state index contributed by atoms with van der Waals surface area (Å²) in [4.78, 5) is 31.4. The maximum absolute atomic E-state index is 13.7. The number of carbonyl (C=O) groups excluding carboxylic acids is 2. The van der Waals surface area contributed by atoms with E-state index in [-0.39, 0.29) is 23.6 Å². The first-order valence-corrected chi connectivity index (χ1v) is 15.6. The summed E-state index contributed by atoms with van der Waals surface area (Å²) in [5, 5.41) is 0. The van der Waals surface area contributed by atoms with Crippen molar-refractivity contribution in [2.24, 2.45) is 5.92 Å². The van der Waals surface area contributed by atoms with Crippen molar-refractivity contribution < 1.29 is 27.5 Å². The second kappa shape index (κ2) is 14.4. The lowest BCUT2D eigenvalue weighted by Crippen LogP contribution is -2.35. The van der Waals surface area contributed by atoms with Crippen molar-refractivity contribution in [3.05, 3.63) is 156 Å². The van der Waals surface area contributed by atoms with Gasteiger partial charge < -0.3 is 9.47 Å². The zero-order valence-electron chi connectivity index (χ0n) is 23.9. The lowest BCUT2D eigenvalue weighted by Gasteiger charge is -2.21. The SMILES string of the molecule is O=C(O[C@@H](Cc1cn(S(=O)(=O)c2ccccc2)cn1)C(=O)OCc1ccccc1)C(Cc1ccccc1)Cc1ccccc1. The number of carbonyl (C=O) groups is 2. The first-order chi connectivity index (χ1) is 21.4. The van der Waals surface area contributed by atoms with Crippen LogP contribution in [0.3, 0.4) is 0 Å². The highest BCUT2D eigenvalue weighted by molar-refractivity contribution is 7.90. The fraction of sp³-hybridized carbons (Fsp3) is 0.171. The molecule has 9 heteroatoms. The largest absolute Gasteiger partial charge is 0.458 e. The Bertz CT molecular complexity index is 1720. The van der Waals surface area contributed by atoms with Crippen LogP contribution in [0.5, 0.6) is 0 Å². The summed E-state index contributed by atoms with van der Waals surface area (Å²) in [6, 6.07) is 36.3. The van der Waals surface area contributed by atoms with Crippen molar-refractivity contribution >= 4 is 22.0 Å². The van der Waals surface area contributed by atoms with Gasteiger partial charge in [0.15, 0.2) is 0 Å². The van der Waals surface area contributed by atoms with Crippen LogP contribution in [0.4, 0.5) is 0 Å². The van der Waals surface area contributed by atoms with Crippen LogP contribution in [0, 0.1) is 5.92 Å². The Kier molecular flexibility index (Phi) is 9.99. The number of imidazole rings is 1. The van der Waals surface area contributed by atoms with Gasteiger partial charge in [-0.3, -0.25) is 4.79 Å². The van der Waals surface area contributed by atoms with Gasteiger partial charge in [0.2, 0.25) is 6.10 Å². The fourth-order valence-corrected chi connectivity index (χ4v) is 5.93. The van der Waals surface area contributed by atoms with Crippen LogP contribution < -0.4 is 0 Å². The lowest BCUT2D eigenvalue weighted by atomic mass is 9.92. The minimum absolute atomic E-state index is 0.0119. The molecule has 1 atom stereocenters. The molecule has 0 N–H and O–H groups in total. The van der Waals surface area contributed by atoms with Gasteiger partial charge in [-0.15, -0.1) is 0 Å². The maximum Gasteiger partial charge on any atom is 0.348 e. The summed E-state index contributed by atoms with van der Waals surface area (Å²) in [6.07, 6.45) is 1.79. The minimum atomic E-state index is -3.90. The molecule has 1 aromatic heterocycles. The number of aromatic nitrogens is 2. The maximum atomic E-state index is 13.7. The number of rotatable bonds is 13. The zero-order chi connectivity index (χ0) is 30.8. The molecule has 0 saturated carbocycles. The Morgan fingerprint density at radius 3 is 1.70 bits per heavy atom. The van der Waals surface area contributed by atoms with Crippen molar-refractivity contribution in [1.29, 1.82) is 0 Å². The van der Waals surface area contributed by atoms with E-state index in [9.17, 15) is 18.0 Å². The topological polar surface area (TPSA) is 105 Å². The van der Waals surface area contributed by atoms with Crippen molar-refractivity contribution in [2.45, 2.75) is 36.9 Å². The number of ether oxygens (including phenoxy) is 2. The van der Waals surface area contributed by atoms with Crippen LogP contribution in [-0.2, 0) is 55.0 Å². The van der Waals surface area contributed by atoms with E-state index >= 15 is 0 Å². The van der Waals surface area contributed by atoms with Crippen LogP contribution in [0.1, 0.15) is 22.4 Å². The molecule has 8 nitrogen and oxygen atoms in total. The van der Waals surface area contributed by atoms with E-state index in [0.29, 0.717) is 12.8 Å². The lowest BCUT2D eigenvalue weighted by molar-refractivity contribution is -0.171. The molecule has 0 aliphatic heterocycles. The molecule has 224 valence electrons. The van der Waals surface area contributed by atoms with Gasteiger partial charge in [-0.2, -0.15) is 0 Å². The van der Waals surface area contributed by atoms with Crippen molar-refractivity contribution in [2.75, 3.05) is 0 Å². The van der Waals surface area contributed by atoms with E-state index in [4.69, 9.17) is 9.47 Å². The molecule has 0 amide bonds. The molecule has 1 heterocycles. The summed E-state index contributed by atoms with van der Waals surface area (Å²) in [6.45, 7) is -0.0119. The Morgan fingerprint density at radius 1 is 0.659 bits per heavy atom. The molecule has 0 unspecified atom stereocenters. The highest BCUT2D eigenvalue weighted by Crippen LogP contribution is 2.20. The van der Waals surface area contributed by atoms with E-state index < -0.39 is 34.0 Å². The van der Waals surface area contributed by atoms with Gasteiger partial charge in [-0.1, -0.05) is 109 Å². The average Bonchev–Trinajstić information content (AvgIpc) is 3.54. The predicted molar refractivity (Wildman–Crippen MR) is 165 cm³/mol. The molecule has 0 fully saturated rings. The summed E-state index contributed by atoms with van der Waals surface area (Å²) in [5.74, 6) is -1.89. The molecule has 0 bridgehead atoms. The third kappa shape index (κ3) is 8.08. The van der Waals surface area contributed by atoms with Crippen molar-refractivity contribution in [3.63, 3.8) is 0 Å². The second-order valence-corrected chi connectivity index (χ2v) is 12.2. The third-order valence-electron chi connectivity index (χ3n) is 7.06. The highest BCUT2D eigenvalue weighted by atomic mass is 32.2. The van der Waals surface area contributed by atoms with Crippen LogP contribution in [0.2, 0.25) is 0 Å². The molecule has 4 aromatic carbocycles. The van der Waals surface area contributed by atoms with Gasteiger partial charge in [0.05, 0.1) is 16.5 Å². The molecule has 0 radical (unpaired) electrons. The Morgan fingerprint density at radius 2 is 1.16 bits per heavy atom. The number of hydrogen-bond acceptors (Lipinski definition) is 7. The molecular formula is C35H32N2O6S. The zero-order valence-corrected chi connectivity index (χ0v) is 24.8. The molecule has 5 rings (SSSR count). The van der Waals surface area contributed by atoms with Crippen LogP contribution in [-0.4, -0.2) is 35.4 Å². The predicted octanol–water partition coefficient (Wildman–Crippen LogP) is 5.42. The van der Waals surface area contributed by atoms with Gasteiger partial charge in [0.1, 0.15) is 12.9 Å². The quantitative estimate of drug-likeness (QED) is 0.164.